The molecule has 1 amide bonds. The van der Waals surface area contributed by atoms with Crippen molar-refractivity contribution in [2.45, 2.75) is 13.0 Å². The lowest BCUT2D eigenvalue weighted by Gasteiger charge is -2.12. The van der Waals surface area contributed by atoms with Crippen LogP contribution in [0.1, 0.15) is 17.2 Å². The average molecular weight is 321 g/mol. The molecule has 0 aliphatic carbocycles. The van der Waals surface area contributed by atoms with E-state index in [1.807, 2.05) is 19.1 Å². The Morgan fingerprint density at radius 1 is 1.37 bits per heavy atom. The molecule has 4 nitrogen and oxygen atoms in total. The van der Waals surface area contributed by atoms with E-state index in [1.165, 1.54) is 0 Å². The highest BCUT2D eigenvalue weighted by Crippen LogP contribution is 2.19. The maximum absolute atomic E-state index is 11.9. The van der Waals surface area contributed by atoms with Crippen LogP contribution in [0, 0.1) is 6.92 Å². The van der Waals surface area contributed by atoms with Gasteiger partial charge in [-0.25, -0.2) is 4.98 Å². The van der Waals surface area contributed by atoms with Gasteiger partial charge in [0, 0.05) is 10.7 Å². The number of pyridine rings is 1. The molecule has 2 aromatic rings. The molecule has 0 spiro atoms. The van der Waals surface area contributed by atoms with Crippen molar-refractivity contribution >= 4 is 27.7 Å². The lowest BCUT2D eigenvalue weighted by molar-refractivity contribution is -0.124. The standard InChI is InChI=1S/C14H13BrN2O2/c1-9-7-11(15)8-16-13(9)17-14(19)12(18)10-5-3-2-4-6-10/h2-8,12,18H,1H3,(H,16,17,19). The second-order valence-corrected chi connectivity index (χ2v) is 5.04. The molecule has 2 rings (SSSR count). The van der Waals surface area contributed by atoms with Gasteiger partial charge in [0.15, 0.2) is 6.10 Å². The van der Waals surface area contributed by atoms with Crippen LogP contribution < -0.4 is 5.32 Å². The maximum atomic E-state index is 11.9. The zero-order valence-electron chi connectivity index (χ0n) is 10.3. The summed E-state index contributed by atoms with van der Waals surface area (Å²) in [6, 6.07) is 10.6. The van der Waals surface area contributed by atoms with Gasteiger partial charge >= 0.3 is 0 Å². The number of aromatic nitrogens is 1. The van der Waals surface area contributed by atoms with Gasteiger partial charge in [0.1, 0.15) is 5.82 Å². The van der Waals surface area contributed by atoms with Gasteiger partial charge in [-0.2, -0.15) is 0 Å². The maximum Gasteiger partial charge on any atom is 0.259 e. The van der Waals surface area contributed by atoms with Crippen LogP contribution >= 0.6 is 15.9 Å². The van der Waals surface area contributed by atoms with Gasteiger partial charge in [0.25, 0.3) is 5.91 Å². The van der Waals surface area contributed by atoms with E-state index in [1.54, 1.807) is 30.5 Å². The van der Waals surface area contributed by atoms with Gasteiger partial charge in [-0.05, 0) is 40.0 Å². The van der Waals surface area contributed by atoms with E-state index in [4.69, 9.17) is 0 Å². The van der Waals surface area contributed by atoms with Crippen molar-refractivity contribution in [3.63, 3.8) is 0 Å². The number of anilines is 1. The highest BCUT2D eigenvalue weighted by atomic mass is 79.9. The van der Waals surface area contributed by atoms with E-state index in [2.05, 4.69) is 26.2 Å². The third kappa shape index (κ3) is 3.39. The Kier molecular flexibility index (Phi) is 4.29. The number of aryl methyl sites for hydroxylation is 1. The normalized spacial score (nSPS) is 11.9. The van der Waals surface area contributed by atoms with Gasteiger partial charge in [-0.1, -0.05) is 30.3 Å². The summed E-state index contributed by atoms with van der Waals surface area (Å²) in [6.45, 7) is 1.84. The minimum Gasteiger partial charge on any atom is -0.378 e. The Balaban J connectivity index is 2.13. The highest BCUT2D eigenvalue weighted by molar-refractivity contribution is 9.10. The van der Waals surface area contributed by atoms with E-state index in [-0.39, 0.29) is 0 Å². The van der Waals surface area contributed by atoms with E-state index in [0.29, 0.717) is 11.4 Å². The number of nitrogens with zero attached hydrogens (tertiary/aromatic N) is 1. The summed E-state index contributed by atoms with van der Waals surface area (Å²) in [4.78, 5) is 16.0. The first-order valence-corrected chi connectivity index (χ1v) is 6.53. The molecule has 1 heterocycles. The Labute approximate surface area is 119 Å². The van der Waals surface area contributed by atoms with Crippen LogP contribution in [0.15, 0.2) is 47.1 Å². The summed E-state index contributed by atoms with van der Waals surface area (Å²) in [6.07, 6.45) is 0.392. The highest BCUT2D eigenvalue weighted by Gasteiger charge is 2.18. The van der Waals surface area contributed by atoms with E-state index in [0.717, 1.165) is 10.0 Å². The number of aliphatic hydroxyl groups excluding tert-OH is 1. The molecule has 0 saturated heterocycles. The first kappa shape index (κ1) is 13.7. The van der Waals surface area contributed by atoms with E-state index < -0.39 is 12.0 Å². The van der Waals surface area contributed by atoms with Crippen molar-refractivity contribution in [3.8, 4) is 0 Å². The van der Waals surface area contributed by atoms with Crippen molar-refractivity contribution in [3.05, 3.63) is 58.2 Å². The molecule has 98 valence electrons. The van der Waals surface area contributed by atoms with Crippen LogP contribution in [-0.4, -0.2) is 16.0 Å². The number of hydrogen-bond donors (Lipinski definition) is 2. The van der Waals surface area contributed by atoms with E-state index >= 15 is 0 Å². The molecular formula is C14H13BrN2O2. The van der Waals surface area contributed by atoms with Gasteiger partial charge < -0.3 is 10.4 Å². The van der Waals surface area contributed by atoms with Crippen molar-refractivity contribution < 1.29 is 9.90 Å². The minimum atomic E-state index is -1.20. The van der Waals surface area contributed by atoms with Crippen LogP contribution in [-0.2, 0) is 4.79 Å². The first-order chi connectivity index (χ1) is 9.08. The van der Waals surface area contributed by atoms with Gasteiger partial charge in [-0.3, -0.25) is 4.79 Å². The Bertz CT molecular complexity index is 587. The molecule has 0 bridgehead atoms. The number of halogens is 1. The summed E-state index contributed by atoms with van der Waals surface area (Å²) in [5.74, 6) is -0.0488. The Morgan fingerprint density at radius 3 is 2.68 bits per heavy atom. The molecule has 1 aromatic heterocycles. The lowest BCUT2D eigenvalue weighted by Crippen LogP contribution is -2.21. The quantitative estimate of drug-likeness (QED) is 0.914. The van der Waals surface area contributed by atoms with Crippen LogP contribution in [0.4, 0.5) is 5.82 Å². The first-order valence-electron chi connectivity index (χ1n) is 5.74. The Hall–Kier alpha value is -1.72. The zero-order valence-corrected chi connectivity index (χ0v) is 11.9. The van der Waals surface area contributed by atoms with E-state index in [9.17, 15) is 9.90 Å². The molecule has 1 aromatic carbocycles. The van der Waals surface area contributed by atoms with Gasteiger partial charge in [-0.15, -0.1) is 0 Å². The van der Waals surface area contributed by atoms with Crippen molar-refractivity contribution in [2.24, 2.45) is 0 Å². The molecule has 0 radical (unpaired) electrons. The molecule has 0 fully saturated rings. The number of aliphatic hydroxyl groups is 1. The Morgan fingerprint density at radius 2 is 2.05 bits per heavy atom. The molecule has 0 aliphatic rings. The smallest absolute Gasteiger partial charge is 0.259 e. The van der Waals surface area contributed by atoms with Crippen LogP contribution in [0.3, 0.4) is 0 Å². The summed E-state index contributed by atoms with van der Waals surface area (Å²) in [5, 5.41) is 12.6. The summed E-state index contributed by atoms with van der Waals surface area (Å²) in [5.41, 5.74) is 1.37. The number of carbonyl (C=O) groups is 1. The monoisotopic (exact) mass is 320 g/mol. The molecule has 2 N–H and O–H groups in total. The van der Waals surface area contributed by atoms with Gasteiger partial charge in [0.05, 0.1) is 0 Å². The number of hydrogen-bond acceptors (Lipinski definition) is 3. The van der Waals surface area contributed by atoms with Crippen molar-refractivity contribution in [1.29, 1.82) is 0 Å². The second kappa shape index (κ2) is 5.95. The minimum absolute atomic E-state index is 0.447. The largest absolute Gasteiger partial charge is 0.378 e. The van der Waals surface area contributed by atoms with Gasteiger partial charge in [0.2, 0.25) is 0 Å². The predicted octanol–water partition coefficient (Wildman–Crippen LogP) is 2.82. The summed E-state index contributed by atoms with van der Waals surface area (Å²) >= 11 is 3.30. The molecular weight excluding hydrogens is 308 g/mol. The SMILES string of the molecule is Cc1cc(Br)cnc1NC(=O)C(O)c1ccccc1. The van der Waals surface area contributed by atoms with Crippen LogP contribution in [0.25, 0.3) is 0 Å². The summed E-state index contributed by atoms with van der Waals surface area (Å²) in [7, 11) is 0. The number of amides is 1. The fraction of sp³-hybridized carbons (Fsp3) is 0.143. The fourth-order valence-electron chi connectivity index (χ4n) is 1.64. The fourth-order valence-corrected chi connectivity index (χ4v) is 2.09. The second-order valence-electron chi connectivity index (χ2n) is 4.12. The molecule has 1 atom stereocenters. The molecule has 0 aliphatic heterocycles. The third-order valence-corrected chi connectivity index (χ3v) is 3.08. The molecule has 0 saturated carbocycles. The zero-order chi connectivity index (χ0) is 13.8. The number of rotatable bonds is 3. The van der Waals surface area contributed by atoms with Crippen LogP contribution in [0.2, 0.25) is 0 Å². The topological polar surface area (TPSA) is 62.2 Å². The number of nitrogens with one attached hydrogen (secondary N) is 1. The summed E-state index contributed by atoms with van der Waals surface area (Å²) < 4.78 is 0.839. The molecule has 19 heavy (non-hydrogen) atoms. The van der Waals surface area contributed by atoms with Crippen LogP contribution in [0.5, 0.6) is 0 Å². The lowest BCUT2D eigenvalue weighted by atomic mass is 10.1. The molecule has 5 heteroatoms. The number of benzene rings is 1. The van der Waals surface area contributed by atoms with Crippen molar-refractivity contribution in [2.75, 3.05) is 5.32 Å². The van der Waals surface area contributed by atoms with Crippen molar-refractivity contribution in [1.82, 2.24) is 4.98 Å². The molecule has 1 unspecified atom stereocenters. The third-order valence-electron chi connectivity index (χ3n) is 2.65. The number of carbonyl (C=O) groups excluding carboxylic acids is 1. The predicted molar refractivity (Wildman–Crippen MR) is 76.7 cm³/mol. The average Bonchev–Trinajstić information content (AvgIpc) is 2.42.